The quantitative estimate of drug-likeness (QED) is 0.333. The number of carbonyl (C=O) groups is 4. The average molecular weight is 483 g/mol. The minimum absolute atomic E-state index is 0.109. The van der Waals surface area contributed by atoms with Gasteiger partial charge in [0.05, 0.1) is 5.57 Å². The molecule has 11 heteroatoms. The molecule has 0 saturated carbocycles. The van der Waals surface area contributed by atoms with Crippen LogP contribution in [0.1, 0.15) is 50.9 Å². The first-order valence-electron chi connectivity index (χ1n) is 11.1. The molecule has 2 heterocycles. The van der Waals surface area contributed by atoms with E-state index in [4.69, 9.17) is 10.5 Å². The Labute approximate surface area is 202 Å². The van der Waals surface area contributed by atoms with Gasteiger partial charge < -0.3 is 36.7 Å². The maximum Gasteiger partial charge on any atom is 0.407 e. The van der Waals surface area contributed by atoms with Gasteiger partial charge in [-0.15, -0.1) is 0 Å². The average Bonchev–Trinajstić information content (AvgIpc) is 3.33. The number of ether oxygens (including phenoxy) is 1. The SMILES string of the molecule is C/C(=C1/C(=O)Nc2ccc(NC(N)=O)cc21)c1cc(CNC(=O)CCNC(=O)OC(C)(C)C)c[nH]1. The number of urea groups is 1. The number of hydrogen-bond donors (Lipinski definition) is 6. The summed E-state index contributed by atoms with van der Waals surface area (Å²) in [7, 11) is 0. The van der Waals surface area contributed by atoms with Crippen LogP contribution in [0.25, 0.3) is 11.1 Å². The van der Waals surface area contributed by atoms with E-state index in [0.29, 0.717) is 33.8 Å². The zero-order valence-corrected chi connectivity index (χ0v) is 20.1. The molecular formula is C24H30N6O5. The van der Waals surface area contributed by atoms with Crippen molar-refractivity contribution in [1.29, 1.82) is 0 Å². The van der Waals surface area contributed by atoms with Crippen molar-refractivity contribution < 1.29 is 23.9 Å². The molecule has 35 heavy (non-hydrogen) atoms. The number of H-pyrrole nitrogens is 1. The Morgan fingerprint density at radius 2 is 1.86 bits per heavy atom. The van der Waals surface area contributed by atoms with Gasteiger partial charge in [-0.2, -0.15) is 0 Å². The number of rotatable bonds is 7. The smallest absolute Gasteiger partial charge is 0.407 e. The van der Waals surface area contributed by atoms with E-state index in [2.05, 4.69) is 26.3 Å². The molecule has 3 rings (SSSR count). The van der Waals surface area contributed by atoms with Crippen LogP contribution in [0.4, 0.5) is 21.0 Å². The van der Waals surface area contributed by atoms with Crippen molar-refractivity contribution in [1.82, 2.24) is 15.6 Å². The minimum Gasteiger partial charge on any atom is -0.444 e. The highest BCUT2D eigenvalue weighted by Gasteiger charge is 2.27. The third-order valence-electron chi connectivity index (χ3n) is 5.06. The van der Waals surface area contributed by atoms with E-state index in [1.54, 1.807) is 45.2 Å². The first kappa shape index (κ1) is 25.3. The maximum atomic E-state index is 12.6. The Morgan fingerprint density at radius 1 is 1.11 bits per heavy atom. The summed E-state index contributed by atoms with van der Waals surface area (Å²) in [4.78, 5) is 50.7. The lowest BCUT2D eigenvalue weighted by atomic mass is 9.99. The second-order valence-electron chi connectivity index (χ2n) is 9.08. The van der Waals surface area contributed by atoms with Crippen LogP contribution in [0.5, 0.6) is 0 Å². The highest BCUT2D eigenvalue weighted by molar-refractivity contribution is 6.36. The van der Waals surface area contributed by atoms with Gasteiger partial charge in [0, 0.05) is 48.3 Å². The predicted molar refractivity (Wildman–Crippen MR) is 132 cm³/mol. The third kappa shape index (κ3) is 6.85. The summed E-state index contributed by atoms with van der Waals surface area (Å²) >= 11 is 0. The molecule has 7 N–H and O–H groups in total. The molecule has 1 aromatic heterocycles. The standard InChI is InChI=1S/C24H30N6O5/c1-13(20-16-10-15(29-22(25)33)5-6-17(16)30-21(20)32)18-9-14(11-27-18)12-28-19(31)7-8-26-23(34)35-24(2,3)4/h5-6,9-11,27H,7-8,12H2,1-4H3,(H,26,34)(H,28,31)(H,30,32)(H3,25,29,33)/b20-13-. The minimum atomic E-state index is -0.693. The van der Waals surface area contributed by atoms with Gasteiger partial charge in [0.15, 0.2) is 0 Å². The number of aromatic nitrogens is 1. The van der Waals surface area contributed by atoms with Crippen molar-refractivity contribution in [2.75, 3.05) is 17.2 Å². The number of alkyl carbamates (subject to hydrolysis) is 1. The summed E-state index contributed by atoms with van der Waals surface area (Å²) in [5.41, 5.74) is 9.07. The Kier molecular flexibility index (Phi) is 7.48. The van der Waals surface area contributed by atoms with Crippen molar-refractivity contribution in [3.05, 3.63) is 47.3 Å². The van der Waals surface area contributed by atoms with Crippen molar-refractivity contribution in [3.63, 3.8) is 0 Å². The fraction of sp³-hybridized carbons (Fsp3) is 0.333. The number of allylic oxidation sites excluding steroid dienone is 1. The highest BCUT2D eigenvalue weighted by Crippen LogP contribution is 2.38. The Morgan fingerprint density at radius 3 is 2.54 bits per heavy atom. The Bertz CT molecular complexity index is 1190. The number of primary amides is 1. The van der Waals surface area contributed by atoms with Crippen molar-refractivity contribution in [2.45, 2.75) is 46.3 Å². The lowest BCUT2D eigenvalue weighted by Gasteiger charge is -2.19. The van der Waals surface area contributed by atoms with Crippen LogP contribution in [0.3, 0.4) is 0 Å². The lowest BCUT2D eigenvalue weighted by Crippen LogP contribution is -2.35. The zero-order chi connectivity index (χ0) is 25.8. The van der Waals surface area contributed by atoms with Gasteiger partial charge in [0.1, 0.15) is 5.60 Å². The fourth-order valence-electron chi connectivity index (χ4n) is 3.53. The van der Waals surface area contributed by atoms with Crippen molar-refractivity contribution in [3.8, 4) is 0 Å². The second-order valence-corrected chi connectivity index (χ2v) is 9.08. The zero-order valence-electron chi connectivity index (χ0n) is 20.1. The number of hydrogen-bond acceptors (Lipinski definition) is 5. The molecule has 11 nitrogen and oxygen atoms in total. The van der Waals surface area contributed by atoms with Crippen LogP contribution in [0.2, 0.25) is 0 Å². The van der Waals surface area contributed by atoms with Gasteiger partial charge in [0.25, 0.3) is 5.91 Å². The molecule has 0 atom stereocenters. The van der Waals surface area contributed by atoms with E-state index in [-0.39, 0.29) is 31.3 Å². The van der Waals surface area contributed by atoms with Crippen molar-refractivity contribution >= 4 is 46.5 Å². The molecule has 0 saturated heterocycles. The van der Waals surface area contributed by atoms with Crippen LogP contribution in [-0.2, 0) is 20.9 Å². The number of nitrogens with two attached hydrogens (primary N) is 1. The summed E-state index contributed by atoms with van der Waals surface area (Å²) in [6.45, 7) is 7.54. The predicted octanol–water partition coefficient (Wildman–Crippen LogP) is 2.92. The summed E-state index contributed by atoms with van der Waals surface area (Å²) in [5.74, 6) is -0.479. The van der Waals surface area contributed by atoms with Gasteiger partial charge in [-0.3, -0.25) is 9.59 Å². The molecule has 186 valence electrons. The number of amides is 5. The van der Waals surface area contributed by atoms with Crippen molar-refractivity contribution in [2.24, 2.45) is 5.73 Å². The summed E-state index contributed by atoms with van der Waals surface area (Å²) in [6.07, 6.45) is 1.29. The molecule has 0 spiro atoms. The molecule has 1 aliphatic heterocycles. The van der Waals surface area contributed by atoms with Crippen LogP contribution in [0.15, 0.2) is 30.5 Å². The normalized spacial score (nSPS) is 14.0. The number of nitrogens with one attached hydrogen (secondary N) is 5. The summed E-state index contributed by atoms with van der Waals surface area (Å²) in [6, 6.07) is 6.19. The van der Waals surface area contributed by atoms with E-state index in [1.807, 2.05) is 13.0 Å². The topological polar surface area (TPSA) is 167 Å². The monoisotopic (exact) mass is 482 g/mol. The molecule has 5 amide bonds. The fourth-order valence-corrected chi connectivity index (χ4v) is 3.53. The van der Waals surface area contributed by atoms with Gasteiger partial charge in [-0.1, -0.05) is 0 Å². The van der Waals surface area contributed by atoms with E-state index in [1.165, 1.54) is 0 Å². The summed E-state index contributed by atoms with van der Waals surface area (Å²) in [5, 5.41) is 10.7. The molecule has 0 radical (unpaired) electrons. The van der Waals surface area contributed by atoms with Crippen LogP contribution >= 0.6 is 0 Å². The Hall–Kier alpha value is -4.28. The molecule has 0 unspecified atom stereocenters. The Balaban J connectivity index is 1.61. The summed E-state index contributed by atoms with van der Waals surface area (Å²) < 4.78 is 5.13. The first-order chi connectivity index (χ1) is 16.4. The number of carbonyl (C=O) groups excluding carboxylic acids is 4. The highest BCUT2D eigenvalue weighted by atomic mass is 16.6. The van der Waals surface area contributed by atoms with Crippen LogP contribution < -0.4 is 27.0 Å². The van der Waals surface area contributed by atoms with E-state index < -0.39 is 17.7 Å². The number of anilines is 2. The maximum absolute atomic E-state index is 12.6. The molecule has 0 aliphatic carbocycles. The molecule has 1 aromatic carbocycles. The molecule has 2 aromatic rings. The van der Waals surface area contributed by atoms with Gasteiger partial charge in [-0.25, -0.2) is 9.59 Å². The molecular weight excluding hydrogens is 452 g/mol. The number of aromatic amines is 1. The number of fused-ring (bicyclic) bond motifs is 1. The third-order valence-corrected chi connectivity index (χ3v) is 5.06. The van der Waals surface area contributed by atoms with Crippen LogP contribution in [-0.4, -0.2) is 41.1 Å². The molecule has 1 aliphatic rings. The number of benzene rings is 1. The first-order valence-corrected chi connectivity index (χ1v) is 11.1. The van der Waals surface area contributed by atoms with E-state index >= 15 is 0 Å². The van der Waals surface area contributed by atoms with E-state index in [9.17, 15) is 19.2 Å². The second kappa shape index (κ2) is 10.3. The van der Waals surface area contributed by atoms with Crippen LogP contribution in [0, 0.1) is 0 Å². The van der Waals surface area contributed by atoms with Gasteiger partial charge in [0.2, 0.25) is 5.91 Å². The molecule has 0 fully saturated rings. The molecule has 0 bridgehead atoms. The van der Waals surface area contributed by atoms with Gasteiger partial charge >= 0.3 is 12.1 Å². The van der Waals surface area contributed by atoms with E-state index in [0.717, 1.165) is 5.56 Å². The van der Waals surface area contributed by atoms with Gasteiger partial charge in [-0.05, 0) is 63.1 Å². The largest absolute Gasteiger partial charge is 0.444 e. The lowest BCUT2D eigenvalue weighted by molar-refractivity contribution is -0.121.